The fraction of sp³-hybridized carbons (Fsp3) is 0.143. The lowest BCUT2D eigenvalue weighted by molar-refractivity contribution is 0.102. The van der Waals surface area contributed by atoms with E-state index in [0.29, 0.717) is 5.75 Å². The van der Waals surface area contributed by atoms with Gasteiger partial charge >= 0.3 is 0 Å². The first-order valence-electron chi connectivity index (χ1n) is 8.61. The number of Topliss-reactive ketones (excluding diaryl/α,β-unsaturated/α-hetero) is 1. The Morgan fingerprint density at radius 3 is 2.63 bits per heavy atom. The lowest BCUT2D eigenvalue weighted by Crippen LogP contribution is -2.04. The third kappa shape index (κ3) is 3.48. The van der Waals surface area contributed by atoms with Crippen molar-refractivity contribution in [2.24, 2.45) is 0 Å². The van der Waals surface area contributed by atoms with Crippen molar-refractivity contribution in [1.82, 2.24) is 19.7 Å². The molecule has 0 spiro atoms. The van der Waals surface area contributed by atoms with Crippen LogP contribution in [0.15, 0.2) is 66.1 Å². The van der Waals surface area contributed by atoms with Crippen molar-refractivity contribution in [3.63, 3.8) is 0 Å². The van der Waals surface area contributed by atoms with Gasteiger partial charge < -0.3 is 0 Å². The molecule has 2 heterocycles. The summed E-state index contributed by atoms with van der Waals surface area (Å²) >= 11 is 1.42. The van der Waals surface area contributed by atoms with Crippen molar-refractivity contribution in [1.29, 1.82) is 0 Å². The SMILES string of the molecule is Cc1ccc(C(=O)CSc2ncnc3c2cnn3-c2ccccc2)cc1C. The van der Waals surface area contributed by atoms with E-state index in [1.165, 1.54) is 23.7 Å². The zero-order chi connectivity index (χ0) is 18.8. The number of aryl methyl sites for hydroxylation is 2. The Morgan fingerprint density at radius 1 is 1.04 bits per heavy atom. The van der Waals surface area contributed by atoms with Crippen LogP contribution in [0, 0.1) is 13.8 Å². The summed E-state index contributed by atoms with van der Waals surface area (Å²) in [5.74, 6) is 0.413. The summed E-state index contributed by atoms with van der Waals surface area (Å²) in [7, 11) is 0. The summed E-state index contributed by atoms with van der Waals surface area (Å²) in [5, 5.41) is 6.06. The van der Waals surface area contributed by atoms with Crippen molar-refractivity contribution < 1.29 is 4.79 Å². The van der Waals surface area contributed by atoms with E-state index in [4.69, 9.17) is 0 Å². The van der Waals surface area contributed by atoms with Gasteiger partial charge in [0.25, 0.3) is 0 Å². The molecule has 0 atom stereocenters. The third-order valence-corrected chi connectivity index (χ3v) is 5.50. The lowest BCUT2D eigenvalue weighted by Gasteiger charge is -2.05. The van der Waals surface area contributed by atoms with Crippen molar-refractivity contribution in [3.8, 4) is 5.69 Å². The highest BCUT2D eigenvalue weighted by atomic mass is 32.2. The highest BCUT2D eigenvalue weighted by Gasteiger charge is 2.14. The van der Waals surface area contributed by atoms with E-state index in [1.54, 1.807) is 10.9 Å². The second kappa shape index (κ2) is 7.32. The quantitative estimate of drug-likeness (QED) is 0.294. The highest BCUT2D eigenvalue weighted by Crippen LogP contribution is 2.26. The number of hydrogen-bond acceptors (Lipinski definition) is 5. The van der Waals surface area contributed by atoms with E-state index in [-0.39, 0.29) is 5.78 Å². The average molecular weight is 374 g/mol. The van der Waals surface area contributed by atoms with E-state index in [1.807, 2.05) is 62.4 Å². The van der Waals surface area contributed by atoms with Gasteiger partial charge in [-0.2, -0.15) is 5.10 Å². The number of benzene rings is 2. The summed E-state index contributed by atoms with van der Waals surface area (Å²) in [6.07, 6.45) is 3.28. The number of carbonyl (C=O) groups excluding carboxylic acids is 1. The normalized spacial score (nSPS) is 11.0. The second-order valence-electron chi connectivity index (χ2n) is 6.32. The van der Waals surface area contributed by atoms with E-state index >= 15 is 0 Å². The molecule has 5 nitrogen and oxygen atoms in total. The van der Waals surface area contributed by atoms with Gasteiger partial charge in [-0.05, 0) is 43.2 Å². The smallest absolute Gasteiger partial charge is 0.173 e. The minimum Gasteiger partial charge on any atom is -0.293 e. The Morgan fingerprint density at radius 2 is 1.85 bits per heavy atom. The van der Waals surface area contributed by atoms with Gasteiger partial charge in [0.1, 0.15) is 11.4 Å². The number of aromatic nitrogens is 4. The summed E-state index contributed by atoms with van der Waals surface area (Å²) in [5.41, 5.74) is 4.71. The number of carbonyl (C=O) groups is 1. The molecular weight excluding hydrogens is 356 g/mol. The maximum Gasteiger partial charge on any atom is 0.173 e. The Kier molecular flexibility index (Phi) is 4.73. The van der Waals surface area contributed by atoms with Crippen LogP contribution in [0.25, 0.3) is 16.7 Å². The number of rotatable bonds is 5. The van der Waals surface area contributed by atoms with Crippen LogP contribution in [-0.2, 0) is 0 Å². The molecule has 2 aromatic heterocycles. The number of fused-ring (bicyclic) bond motifs is 1. The first kappa shape index (κ1) is 17.4. The van der Waals surface area contributed by atoms with Crippen molar-refractivity contribution in [2.75, 3.05) is 5.75 Å². The molecule has 0 unspecified atom stereocenters. The zero-order valence-corrected chi connectivity index (χ0v) is 15.9. The Hall–Kier alpha value is -2.99. The molecule has 0 aliphatic rings. The molecule has 6 heteroatoms. The van der Waals surface area contributed by atoms with Crippen LogP contribution in [0.1, 0.15) is 21.5 Å². The number of thioether (sulfide) groups is 1. The van der Waals surface area contributed by atoms with Crippen LogP contribution in [0.3, 0.4) is 0 Å². The van der Waals surface area contributed by atoms with Gasteiger partial charge in [-0.3, -0.25) is 4.79 Å². The second-order valence-corrected chi connectivity index (χ2v) is 7.28. The van der Waals surface area contributed by atoms with E-state index in [9.17, 15) is 4.79 Å². The molecule has 0 bridgehead atoms. The van der Waals surface area contributed by atoms with E-state index < -0.39 is 0 Å². The molecule has 0 saturated carbocycles. The monoisotopic (exact) mass is 374 g/mol. The lowest BCUT2D eigenvalue weighted by atomic mass is 10.0. The molecule has 0 amide bonds. The molecule has 4 rings (SSSR count). The number of hydrogen-bond donors (Lipinski definition) is 0. The first-order valence-corrected chi connectivity index (χ1v) is 9.59. The van der Waals surface area contributed by atoms with Crippen molar-refractivity contribution in [2.45, 2.75) is 18.9 Å². The van der Waals surface area contributed by atoms with Crippen LogP contribution < -0.4 is 0 Å². The van der Waals surface area contributed by atoms with Gasteiger partial charge in [-0.1, -0.05) is 42.1 Å². The Bertz CT molecular complexity index is 1120. The molecule has 0 aliphatic carbocycles. The topological polar surface area (TPSA) is 60.7 Å². The van der Waals surface area contributed by atoms with Crippen molar-refractivity contribution in [3.05, 3.63) is 77.7 Å². The molecule has 27 heavy (non-hydrogen) atoms. The summed E-state index contributed by atoms with van der Waals surface area (Å²) < 4.78 is 1.78. The maximum atomic E-state index is 12.6. The largest absolute Gasteiger partial charge is 0.293 e. The number of nitrogens with zero attached hydrogens (tertiary/aromatic N) is 4. The van der Waals surface area contributed by atoms with Gasteiger partial charge in [-0.25, -0.2) is 14.6 Å². The van der Waals surface area contributed by atoms with Gasteiger partial charge in [0.2, 0.25) is 0 Å². The fourth-order valence-corrected chi connectivity index (χ4v) is 3.68. The summed E-state index contributed by atoms with van der Waals surface area (Å²) in [6, 6.07) is 15.7. The predicted molar refractivity (Wildman–Crippen MR) is 108 cm³/mol. The first-order chi connectivity index (χ1) is 13.1. The summed E-state index contributed by atoms with van der Waals surface area (Å²) in [4.78, 5) is 21.3. The number of ketones is 1. The Labute approximate surface area is 161 Å². The molecule has 0 N–H and O–H groups in total. The van der Waals surface area contributed by atoms with Crippen LogP contribution in [0.2, 0.25) is 0 Å². The average Bonchev–Trinajstić information content (AvgIpc) is 3.13. The van der Waals surface area contributed by atoms with Crippen LogP contribution >= 0.6 is 11.8 Å². The highest BCUT2D eigenvalue weighted by molar-refractivity contribution is 8.00. The maximum absolute atomic E-state index is 12.6. The zero-order valence-electron chi connectivity index (χ0n) is 15.1. The minimum atomic E-state index is 0.0883. The van der Waals surface area contributed by atoms with E-state index in [0.717, 1.165) is 32.9 Å². The van der Waals surface area contributed by atoms with Gasteiger partial charge in [0, 0.05) is 5.56 Å². The molecule has 0 radical (unpaired) electrons. The van der Waals surface area contributed by atoms with Crippen LogP contribution in [-0.4, -0.2) is 31.3 Å². The molecule has 0 fully saturated rings. The number of para-hydroxylation sites is 1. The minimum absolute atomic E-state index is 0.0883. The molecular formula is C21H18N4OS. The standard InChI is InChI=1S/C21H18N4OS/c1-14-8-9-16(10-15(14)2)19(26)12-27-21-18-11-24-25(20(18)22-13-23-21)17-6-4-3-5-7-17/h3-11,13H,12H2,1-2H3. The third-order valence-electron chi connectivity index (χ3n) is 4.50. The fourth-order valence-electron chi connectivity index (χ4n) is 2.83. The van der Waals surface area contributed by atoms with Crippen molar-refractivity contribution >= 4 is 28.6 Å². The van der Waals surface area contributed by atoms with Gasteiger partial charge in [-0.15, -0.1) is 0 Å². The molecule has 4 aromatic rings. The predicted octanol–water partition coefficient (Wildman–Crippen LogP) is 4.41. The Balaban J connectivity index is 1.58. The van der Waals surface area contributed by atoms with Gasteiger partial charge in [0.05, 0.1) is 23.0 Å². The molecule has 0 aliphatic heterocycles. The van der Waals surface area contributed by atoms with E-state index in [2.05, 4.69) is 15.1 Å². The van der Waals surface area contributed by atoms with Crippen LogP contribution in [0.4, 0.5) is 0 Å². The summed E-state index contributed by atoms with van der Waals surface area (Å²) in [6.45, 7) is 4.06. The molecule has 134 valence electrons. The van der Waals surface area contributed by atoms with Crippen LogP contribution in [0.5, 0.6) is 0 Å². The van der Waals surface area contributed by atoms with Gasteiger partial charge in [0.15, 0.2) is 11.4 Å². The molecule has 2 aromatic carbocycles. The molecule has 0 saturated heterocycles.